The van der Waals surface area contributed by atoms with Gasteiger partial charge in [0.25, 0.3) is 0 Å². The molecular formula is C43H42N6O5. The number of anilines is 2. The van der Waals surface area contributed by atoms with Gasteiger partial charge in [-0.2, -0.15) is 5.10 Å². The first-order chi connectivity index (χ1) is 26.1. The van der Waals surface area contributed by atoms with Crippen LogP contribution in [-0.4, -0.2) is 50.2 Å². The summed E-state index contributed by atoms with van der Waals surface area (Å²) in [6, 6.07) is 31.6. The molecule has 0 aliphatic heterocycles. The smallest absolute Gasteiger partial charge is 0.405 e. The minimum Gasteiger partial charge on any atom is -0.497 e. The third kappa shape index (κ3) is 7.75. The zero-order valence-corrected chi connectivity index (χ0v) is 30.6. The summed E-state index contributed by atoms with van der Waals surface area (Å²) < 4.78 is 19.3. The SMILES string of the molecule is COc1ccc(Cn2nc(Nc3ccncc3)c3cc(-c4cc(OC[C@@](Cc5ccccc5)(NC(=O)O)C(C)(C)C)cnc4-c4ccoc4)ccc32)cc1. The summed E-state index contributed by atoms with van der Waals surface area (Å²) in [6.07, 6.45) is 7.74. The van der Waals surface area contributed by atoms with Crippen molar-refractivity contribution in [2.45, 2.75) is 39.3 Å². The van der Waals surface area contributed by atoms with E-state index in [-0.39, 0.29) is 6.61 Å². The van der Waals surface area contributed by atoms with E-state index in [0.29, 0.717) is 30.2 Å². The number of fused-ring (bicyclic) bond motifs is 1. The Balaban J connectivity index is 1.29. The molecular weight excluding hydrogens is 681 g/mol. The topological polar surface area (TPSA) is 137 Å². The van der Waals surface area contributed by atoms with Crippen molar-refractivity contribution in [2.75, 3.05) is 19.0 Å². The predicted molar refractivity (Wildman–Crippen MR) is 209 cm³/mol. The number of methoxy groups -OCH3 is 1. The van der Waals surface area contributed by atoms with Gasteiger partial charge in [-0.3, -0.25) is 14.6 Å². The zero-order valence-electron chi connectivity index (χ0n) is 30.6. The molecule has 274 valence electrons. The number of carbonyl (C=O) groups is 1. The van der Waals surface area contributed by atoms with E-state index in [1.807, 2.05) is 104 Å². The van der Waals surface area contributed by atoms with E-state index in [9.17, 15) is 9.90 Å². The maximum absolute atomic E-state index is 12.3. The van der Waals surface area contributed by atoms with Crippen LogP contribution in [0.3, 0.4) is 0 Å². The highest BCUT2D eigenvalue weighted by Gasteiger charge is 2.44. The van der Waals surface area contributed by atoms with Crippen molar-refractivity contribution in [3.8, 4) is 33.9 Å². The molecule has 0 fully saturated rings. The lowest BCUT2D eigenvalue weighted by molar-refractivity contribution is 0.0686. The molecule has 0 aliphatic carbocycles. The normalized spacial score (nSPS) is 12.6. The van der Waals surface area contributed by atoms with Crippen LogP contribution in [0.4, 0.5) is 16.3 Å². The second-order valence-corrected chi connectivity index (χ2v) is 14.2. The summed E-state index contributed by atoms with van der Waals surface area (Å²) in [4.78, 5) is 21.3. The minimum absolute atomic E-state index is 0.0705. The molecule has 0 saturated carbocycles. The van der Waals surface area contributed by atoms with E-state index >= 15 is 0 Å². The first-order valence-electron chi connectivity index (χ1n) is 17.6. The summed E-state index contributed by atoms with van der Waals surface area (Å²) in [5.74, 6) is 1.98. The molecule has 1 atom stereocenters. The van der Waals surface area contributed by atoms with Gasteiger partial charge >= 0.3 is 6.09 Å². The second-order valence-electron chi connectivity index (χ2n) is 14.2. The fourth-order valence-corrected chi connectivity index (χ4v) is 6.57. The Labute approximate surface area is 313 Å². The Morgan fingerprint density at radius 3 is 2.35 bits per heavy atom. The third-order valence-electron chi connectivity index (χ3n) is 9.77. The highest BCUT2D eigenvalue weighted by molar-refractivity contribution is 5.96. The van der Waals surface area contributed by atoms with Crippen molar-refractivity contribution in [2.24, 2.45) is 5.41 Å². The van der Waals surface area contributed by atoms with Crippen molar-refractivity contribution in [3.05, 3.63) is 139 Å². The van der Waals surface area contributed by atoms with E-state index in [0.717, 1.165) is 50.2 Å². The van der Waals surface area contributed by atoms with Gasteiger partial charge in [-0.05, 0) is 77.1 Å². The highest BCUT2D eigenvalue weighted by Crippen LogP contribution is 2.39. The molecule has 0 saturated heterocycles. The van der Waals surface area contributed by atoms with Gasteiger partial charge in [0.15, 0.2) is 5.82 Å². The third-order valence-corrected chi connectivity index (χ3v) is 9.77. The van der Waals surface area contributed by atoms with Crippen molar-refractivity contribution < 1.29 is 23.8 Å². The molecule has 4 heterocycles. The molecule has 54 heavy (non-hydrogen) atoms. The molecule has 3 aromatic carbocycles. The zero-order chi connectivity index (χ0) is 37.7. The summed E-state index contributed by atoms with van der Waals surface area (Å²) in [5, 5.41) is 22.3. The number of pyridine rings is 2. The van der Waals surface area contributed by atoms with E-state index in [4.69, 9.17) is 24.0 Å². The van der Waals surface area contributed by atoms with Crippen molar-refractivity contribution in [1.29, 1.82) is 0 Å². The number of furan rings is 1. The molecule has 0 radical (unpaired) electrons. The van der Waals surface area contributed by atoms with Crippen LogP contribution >= 0.6 is 0 Å². The lowest BCUT2D eigenvalue weighted by Crippen LogP contribution is -2.62. The van der Waals surface area contributed by atoms with Crippen molar-refractivity contribution >= 4 is 28.5 Å². The Morgan fingerprint density at radius 2 is 1.67 bits per heavy atom. The quantitative estimate of drug-likeness (QED) is 0.106. The van der Waals surface area contributed by atoms with Crippen LogP contribution in [0.15, 0.2) is 133 Å². The average molecular weight is 723 g/mol. The first-order valence-corrected chi connectivity index (χ1v) is 17.6. The van der Waals surface area contributed by atoms with Crippen LogP contribution in [0.25, 0.3) is 33.3 Å². The number of hydrogen-bond acceptors (Lipinski definition) is 8. The first kappa shape index (κ1) is 35.8. The van der Waals surface area contributed by atoms with Crippen LogP contribution in [0.5, 0.6) is 11.5 Å². The van der Waals surface area contributed by atoms with Gasteiger partial charge in [0.1, 0.15) is 18.1 Å². The summed E-state index contributed by atoms with van der Waals surface area (Å²) in [5.41, 5.74) is 5.60. The number of benzene rings is 3. The number of rotatable bonds is 13. The summed E-state index contributed by atoms with van der Waals surface area (Å²) in [6.45, 7) is 6.67. The van der Waals surface area contributed by atoms with Crippen LogP contribution in [0.1, 0.15) is 31.9 Å². The van der Waals surface area contributed by atoms with E-state index < -0.39 is 17.0 Å². The monoisotopic (exact) mass is 722 g/mol. The standard InChI is InChI=1S/C43H42N6O5/c1-42(2,3)43(47-41(50)51,24-29-8-6-5-7-9-29)28-54-35-23-36(39(45-25-35)32-18-21-53-27-32)31-12-15-38-37(22-31)40(46-33-16-19-44-20-17-33)48-49(38)26-30-10-13-34(52-4)14-11-30/h5-23,25,27,47H,24,26,28H2,1-4H3,(H,50,51)(H,44,46,48)/t43-/m1/s1. The van der Waals surface area contributed by atoms with Crippen LogP contribution in [0.2, 0.25) is 0 Å². The Morgan fingerprint density at radius 1 is 0.889 bits per heavy atom. The van der Waals surface area contributed by atoms with Crippen LogP contribution in [0, 0.1) is 5.41 Å². The molecule has 1 amide bonds. The maximum Gasteiger partial charge on any atom is 0.405 e. The van der Waals surface area contributed by atoms with Crippen LogP contribution < -0.4 is 20.1 Å². The largest absolute Gasteiger partial charge is 0.497 e. The molecule has 0 aliphatic rings. The van der Waals surface area contributed by atoms with Gasteiger partial charge in [-0.25, -0.2) is 4.79 Å². The van der Waals surface area contributed by atoms with E-state index in [2.05, 4.69) is 33.8 Å². The molecule has 7 rings (SSSR count). The van der Waals surface area contributed by atoms with Gasteiger partial charge in [0.2, 0.25) is 0 Å². The van der Waals surface area contributed by atoms with Crippen molar-refractivity contribution in [3.63, 3.8) is 0 Å². The van der Waals surface area contributed by atoms with E-state index in [1.54, 1.807) is 38.2 Å². The molecule has 7 aromatic rings. The molecule has 0 bridgehead atoms. The number of hydrogen-bond donors (Lipinski definition) is 3. The molecule has 3 N–H and O–H groups in total. The minimum atomic E-state index is -1.12. The number of amides is 1. The van der Waals surface area contributed by atoms with Crippen LogP contribution in [-0.2, 0) is 13.0 Å². The molecule has 4 aromatic heterocycles. The average Bonchev–Trinajstić information content (AvgIpc) is 3.83. The van der Waals surface area contributed by atoms with Crippen molar-refractivity contribution in [1.82, 2.24) is 25.1 Å². The predicted octanol–water partition coefficient (Wildman–Crippen LogP) is 9.23. The molecule has 11 nitrogen and oxygen atoms in total. The van der Waals surface area contributed by atoms with Gasteiger partial charge in [0, 0.05) is 34.6 Å². The van der Waals surface area contributed by atoms with Gasteiger partial charge in [-0.1, -0.05) is 69.3 Å². The Kier molecular flexibility index (Phi) is 10.0. The Bertz CT molecular complexity index is 2340. The van der Waals surface area contributed by atoms with Gasteiger partial charge < -0.3 is 29.6 Å². The fraction of sp³-hybridized carbons (Fsp3) is 0.209. The van der Waals surface area contributed by atoms with Gasteiger partial charge in [-0.15, -0.1) is 0 Å². The number of ether oxygens (including phenoxy) is 2. The van der Waals surface area contributed by atoms with E-state index in [1.165, 1.54) is 0 Å². The fourth-order valence-electron chi connectivity index (χ4n) is 6.57. The number of nitrogens with zero attached hydrogens (tertiary/aromatic N) is 4. The Hall–Kier alpha value is -6.62. The number of carboxylic acid groups (broad SMARTS) is 1. The lowest BCUT2D eigenvalue weighted by atomic mass is 9.70. The summed E-state index contributed by atoms with van der Waals surface area (Å²) in [7, 11) is 1.65. The molecule has 0 unspecified atom stereocenters. The number of aromatic nitrogens is 4. The second kappa shape index (κ2) is 15.2. The molecule has 0 spiro atoms. The highest BCUT2D eigenvalue weighted by atomic mass is 16.5. The molecule has 11 heteroatoms. The maximum atomic E-state index is 12.3. The van der Waals surface area contributed by atoms with Gasteiger partial charge in [0.05, 0.1) is 49.1 Å². The summed E-state index contributed by atoms with van der Waals surface area (Å²) >= 11 is 0. The lowest BCUT2D eigenvalue weighted by Gasteiger charge is -2.44. The number of nitrogens with one attached hydrogen (secondary N) is 2.